The van der Waals surface area contributed by atoms with E-state index in [1.54, 1.807) is 17.4 Å². The number of benzene rings is 1. The first-order valence-corrected chi connectivity index (χ1v) is 7.09. The molecule has 2 aromatic rings. The number of aryl methyl sites for hydroxylation is 1. The molecule has 0 fully saturated rings. The molecule has 0 saturated heterocycles. The normalized spacial score (nSPS) is 12.7. The average molecular weight is 330 g/mol. The van der Waals surface area contributed by atoms with E-state index in [0.29, 0.717) is 10.9 Å². The molecule has 2 rings (SSSR count). The smallest absolute Gasteiger partial charge is 0.137 e. The molecule has 0 aliphatic rings. The van der Waals surface area contributed by atoms with Crippen molar-refractivity contribution >= 4 is 27.3 Å². The van der Waals surface area contributed by atoms with E-state index in [9.17, 15) is 4.39 Å². The fourth-order valence-electron chi connectivity index (χ4n) is 1.67. The number of rotatable bonds is 4. The second-order valence-electron chi connectivity index (χ2n) is 3.98. The third-order valence-corrected chi connectivity index (χ3v) is 4.22. The molecule has 96 valence electrons. The quantitative estimate of drug-likeness (QED) is 0.669. The summed E-state index contributed by atoms with van der Waals surface area (Å²) < 4.78 is 13.9. The Labute approximate surface area is 117 Å². The van der Waals surface area contributed by atoms with Crippen LogP contribution in [0.2, 0.25) is 0 Å². The summed E-state index contributed by atoms with van der Waals surface area (Å²) in [4.78, 5) is 4.38. The molecule has 1 unspecified atom stereocenters. The van der Waals surface area contributed by atoms with Crippen LogP contribution in [0.4, 0.5) is 4.39 Å². The van der Waals surface area contributed by atoms with E-state index >= 15 is 0 Å². The van der Waals surface area contributed by atoms with E-state index in [4.69, 9.17) is 5.84 Å². The third-order valence-electron chi connectivity index (χ3n) is 2.59. The van der Waals surface area contributed by atoms with Crippen LogP contribution in [-0.2, 0) is 6.42 Å². The first-order valence-electron chi connectivity index (χ1n) is 5.42. The van der Waals surface area contributed by atoms with Gasteiger partial charge in [-0.2, -0.15) is 0 Å². The number of thiazole rings is 1. The predicted molar refractivity (Wildman–Crippen MR) is 74.7 cm³/mol. The molecule has 0 bridgehead atoms. The molecule has 0 aliphatic heterocycles. The monoisotopic (exact) mass is 329 g/mol. The number of hydrogen-bond acceptors (Lipinski definition) is 4. The van der Waals surface area contributed by atoms with Crippen LogP contribution in [-0.4, -0.2) is 4.98 Å². The summed E-state index contributed by atoms with van der Waals surface area (Å²) in [6.45, 7) is 1.95. The van der Waals surface area contributed by atoms with Crippen LogP contribution in [0.5, 0.6) is 0 Å². The minimum Gasteiger partial charge on any atom is -0.271 e. The molecule has 18 heavy (non-hydrogen) atoms. The molecule has 1 aromatic carbocycles. The zero-order valence-electron chi connectivity index (χ0n) is 9.78. The summed E-state index contributed by atoms with van der Waals surface area (Å²) in [6.07, 6.45) is 0.649. The Morgan fingerprint density at radius 3 is 2.89 bits per heavy atom. The Kier molecular flexibility index (Phi) is 4.45. The molecule has 0 amide bonds. The van der Waals surface area contributed by atoms with Gasteiger partial charge >= 0.3 is 0 Å². The predicted octanol–water partition coefficient (Wildman–Crippen LogP) is 3.10. The number of nitrogens with one attached hydrogen (secondary N) is 1. The highest BCUT2D eigenvalue weighted by molar-refractivity contribution is 9.10. The molecule has 1 atom stereocenters. The standard InChI is InChI=1S/C12H13BrFN3S/c1-7-6-18-12(16-7)5-11(17-15)8-2-3-9(13)10(14)4-8/h2-4,6,11,17H,5,15H2,1H3. The lowest BCUT2D eigenvalue weighted by atomic mass is 10.0. The molecular formula is C12H13BrFN3S. The lowest BCUT2D eigenvalue weighted by molar-refractivity contribution is 0.542. The highest BCUT2D eigenvalue weighted by atomic mass is 79.9. The van der Waals surface area contributed by atoms with Crippen molar-refractivity contribution in [3.05, 3.63) is 50.1 Å². The fraction of sp³-hybridized carbons (Fsp3) is 0.250. The summed E-state index contributed by atoms with van der Waals surface area (Å²) in [6, 6.07) is 4.87. The fourth-order valence-corrected chi connectivity index (χ4v) is 2.74. The van der Waals surface area contributed by atoms with Crippen molar-refractivity contribution < 1.29 is 4.39 Å². The van der Waals surface area contributed by atoms with Crippen LogP contribution in [0.3, 0.4) is 0 Å². The zero-order valence-corrected chi connectivity index (χ0v) is 12.2. The minimum absolute atomic E-state index is 0.141. The first kappa shape index (κ1) is 13.6. The van der Waals surface area contributed by atoms with E-state index < -0.39 is 0 Å². The summed E-state index contributed by atoms with van der Waals surface area (Å²) in [5.41, 5.74) is 4.51. The van der Waals surface area contributed by atoms with Crippen LogP contribution >= 0.6 is 27.3 Å². The van der Waals surface area contributed by atoms with Gasteiger partial charge in [-0.15, -0.1) is 11.3 Å². The van der Waals surface area contributed by atoms with Gasteiger partial charge in [0.1, 0.15) is 5.82 Å². The van der Waals surface area contributed by atoms with Gasteiger partial charge in [0.15, 0.2) is 0 Å². The second-order valence-corrected chi connectivity index (χ2v) is 5.78. The maximum Gasteiger partial charge on any atom is 0.137 e. The molecule has 0 aliphatic carbocycles. The first-order chi connectivity index (χ1) is 8.60. The Bertz CT molecular complexity index is 544. The van der Waals surface area contributed by atoms with Gasteiger partial charge in [-0.25, -0.2) is 9.37 Å². The number of hydrogen-bond donors (Lipinski definition) is 2. The maximum absolute atomic E-state index is 13.5. The van der Waals surface area contributed by atoms with Gasteiger partial charge in [-0.1, -0.05) is 6.07 Å². The molecule has 3 N–H and O–H groups in total. The molecule has 0 spiro atoms. The summed E-state index contributed by atoms with van der Waals surface area (Å²) in [7, 11) is 0. The summed E-state index contributed by atoms with van der Waals surface area (Å²) in [5, 5.41) is 2.98. The Morgan fingerprint density at radius 2 is 2.33 bits per heavy atom. The van der Waals surface area contributed by atoms with Crippen molar-refractivity contribution in [2.45, 2.75) is 19.4 Å². The Balaban J connectivity index is 2.19. The molecule has 1 aromatic heterocycles. The van der Waals surface area contributed by atoms with Crippen molar-refractivity contribution in [3.8, 4) is 0 Å². The van der Waals surface area contributed by atoms with E-state index in [0.717, 1.165) is 16.3 Å². The number of halogens is 2. The van der Waals surface area contributed by atoms with Gasteiger partial charge in [-0.3, -0.25) is 11.3 Å². The molecule has 1 heterocycles. The number of aromatic nitrogens is 1. The lowest BCUT2D eigenvalue weighted by Crippen LogP contribution is -2.29. The molecule has 6 heteroatoms. The highest BCUT2D eigenvalue weighted by Crippen LogP contribution is 2.24. The van der Waals surface area contributed by atoms with Crippen LogP contribution in [0.1, 0.15) is 22.3 Å². The zero-order chi connectivity index (χ0) is 13.1. The van der Waals surface area contributed by atoms with Crippen molar-refractivity contribution in [3.63, 3.8) is 0 Å². The van der Waals surface area contributed by atoms with Crippen LogP contribution in [0, 0.1) is 12.7 Å². The van der Waals surface area contributed by atoms with Gasteiger partial charge in [0.25, 0.3) is 0 Å². The molecule has 0 radical (unpaired) electrons. The van der Waals surface area contributed by atoms with Gasteiger partial charge < -0.3 is 0 Å². The molecule has 0 saturated carbocycles. The van der Waals surface area contributed by atoms with Gasteiger partial charge in [0.05, 0.1) is 15.5 Å². The van der Waals surface area contributed by atoms with Crippen molar-refractivity contribution in [1.29, 1.82) is 0 Å². The largest absolute Gasteiger partial charge is 0.271 e. The van der Waals surface area contributed by atoms with Crippen molar-refractivity contribution in [2.75, 3.05) is 0 Å². The van der Waals surface area contributed by atoms with Crippen LogP contribution in [0.15, 0.2) is 28.1 Å². The van der Waals surface area contributed by atoms with E-state index in [-0.39, 0.29) is 11.9 Å². The Morgan fingerprint density at radius 1 is 1.56 bits per heavy atom. The number of hydrazine groups is 1. The maximum atomic E-state index is 13.5. The second kappa shape index (κ2) is 5.88. The number of nitrogens with two attached hydrogens (primary N) is 1. The minimum atomic E-state index is -0.289. The van der Waals surface area contributed by atoms with Crippen molar-refractivity contribution in [1.82, 2.24) is 10.4 Å². The van der Waals surface area contributed by atoms with E-state index in [1.165, 1.54) is 6.07 Å². The number of nitrogens with zero attached hydrogens (tertiary/aromatic N) is 1. The van der Waals surface area contributed by atoms with E-state index in [2.05, 4.69) is 26.3 Å². The summed E-state index contributed by atoms with van der Waals surface area (Å²) in [5.74, 6) is 5.25. The molecule has 3 nitrogen and oxygen atoms in total. The van der Waals surface area contributed by atoms with Gasteiger partial charge in [0.2, 0.25) is 0 Å². The third kappa shape index (κ3) is 3.14. The lowest BCUT2D eigenvalue weighted by Gasteiger charge is -2.15. The highest BCUT2D eigenvalue weighted by Gasteiger charge is 2.14. The van der Waals surface area contributed by atoms with Gasteiger partial charge in [-0.05, 0) is 40.5 Å². The van der Waals surface area contributed by atoms with E-state index in [1.807, 2.05) is 18.4 Å². The topological polar surface area (TPSA) is 50.9 Å². The van der Waals surface area contributed by atoms with Crippen LogP contribution in [0.25, 0.3) is 0 Å². The van der Waals surface area contributed by atoms with Crippen molar-refractivity contribution in [2.24, 2.45) is 5.84 Å². The van der Waals surface area contributed by atoms with Crippen LogP contribution < -0.4 is 11.3 Å². The Hall–Kier alpha value is -0.820. The van der Waals surface area contributed by atoms with Gasteiger partial charge in [0, 0.05) is 17.5 Å². The SMILES string of the molecule is Cc1csc(CC(NN)c2ccc(Br)c(F)c2)n1. The molecular weight excluding hydrogens is 317 g/mol. The average Bonchev–Trinajstić information content (AvgIpc) is 2.75. The summed E-state index contributed by atoms with van der Waals surface area (Å²) >= 11 is 4.72.